The average Bonchev–Trinajstić information content (AvgIpc) is 2.40. The number of hydrogen-bond acceptors (Lipinski definition) is 2. The number of hydrogen-bond donors (Lipinski definition) is 0. The first-order valence-electron chi connectivity index (χ1n) is 5.57. The number of rotatable bonds is 3. The van der Waals surface area contributed by atoms with Gasteiger partial charge in [-0.1, -0.05) is 30.3 Å². The third kappa shape index (κ3) is 2.46. The summed E-state index contributed by atoms with van der Waals surface area (Å²) in [6, 6.07) is 17.5. The van der Waals surface area contributed by atoms with Crippen molar-refractivity contribution in [2.75, 3.05) is 6.61 Å². The Morgan fingerprint density at radius 2 is 1.94 bits per heavy atom. The maximum absolute atomic E-state index is 8.90. The summed E-state index contributed by atoms with van der Waals surface area (Å²) in [7, 11) is 0. The fourth-order valence-corrected chi connectivity index (χ4v) is 1.74. The molecular formula is C15H13NO. The minimum Gasteiger partial charge on any atom is -0.493 e. The molecule has 0 saturated carbocycles. The third-order valence-corrected chi connectivity index (χ3v) is 2.49. The van der Waals surface area contributed by atoms with E-state index >= 15 is 0 Å². The van der Waals surface area contributed by atoms with Gasteiger partial charge in [-0.25, -0.2) is 0 Å². The standard InChI is InChI=1S/C15H13NO/c1-2-17-15-9-4-3-8-14(15)13-7-5-6-12(10-13)11-16/h3-10H,2H2,1H3. The van der Waals surface area contributed by atoms with Gasteiger partial charge >= 0.3 is 0 Å². The van der Waals surface area contributed by atoms with Gasteiger partial charge in [-0.3, -0.25) is 0 Å². The van der Waals surface area contributed by atoms with Crippen LogP contribution in [0.2, 0.25) is 0 Å². The topological polar surface area (TPSA) is 33.0 Å². The smallest absolute Gasteiger partial charge is 0.127 e. The van der Waals surface area contributed by atoms with Crippen molar-refractivity contribution in [2.24, 2.45) is 0 Å². The minimum absolute atomic E-state index is 0.634. The number of para-hydroxylation sites is 1. The zero-order valence-corrected chi connectivity index (χ0v) is 9.68. The Hall–Kier alpha value is -2.27. The zero-order chi connectivity index (χ0) is 12.1. The van der Waals surface area contributed by atoms with Crippen molar-refractivity contribution in [2.45, 2.75) is 6.92 Å². The molecule has 84 valence electrons. The normalized spacial score (nSPS) is 9.65. The maximum atomic E-state index is 8.90. The summed E-state index contributed by atoms with van der Waals surface area (Å²) >= 11 is 0. The molecule has 0 aliphatic heterocycles. The van der Waals surface area contributed by atoms with Crippen molar-refractivity contribution in [1.29, 1.82) is 5.26 Å². The molecule has 0 fully saturated rings. The second kappa shape index (κ2) is 5.18. The number of benzene rings is 2. The molecule has 0 unspecified atom stereocenters. The molecule has 2 aromatic carbocycles. The van der Waals surface area contributed by atoms with E-state index in [2.05, 4.69) is 6.07 Å². The zero-order valence-electron chi connectivity index (χ0n) is 9.68. The van der Waals surface area contributed by atoms with Gasteiger partial charge in [0.05, 0.1) is 18.2 Å². The van der Waals surface area contributed by atoms with Crippen LogP contribution in [0.15, 0.2) is 48.5 Å². The van der Waals surface area contributed by atoms with Gasteiger partial charge in [0.15, 0.2) is 0 Å². The monoisotopic (exact) mass is 223 g/mol. The van der Waals surface area contributed by atoms with Gasteiger partial charge in [-0.2, -0.15) is 5.26 Å². The van der Waals surface area contributed by atoms with E-state index in [-0.39, 0.29) is 0 Å². The minimum atomic E-state index is 0.634. The maximum Gasteiger partial charge on any atom is 0.127 e. The molecule has 2 rings (SSSR count). The van der Waals surface area contributed by atoms with E-state index in [1.54, 1.807) is 6.07 Å². The highest BCUT2D eigenvalue weighted by atomic mass is 16.5. The lowest BCUT2D eigenvalue weighted by molar-refractivity contribution is 0.341. The number of ether oxygens (including phenoxy) is 1. The van der Waals surface area contributed by atoms with E-state index in [0.717, 1.165) is 16.9 Å². The van der Waals surface area contributed by atoms with Crippen LogP contribution in [0.25, 0.3) is 11.1 Å². The first-order chi connectivity index (χ1) is 8.35. The van der Waals surface area contributed by atoms with Crippen LogP contribution in [0, 0.1) is 11.3 Å². The van der Waals surface area contributed by atoms with E-state index in [4.69, 9.17) is 10.00 Å². The molecule has 0 saturated heterocycles. The lowest BCUT2D eigenvalue weighted by Crippen LogP contribution is -1.93. The highest BCUT2D eigenvalue weighted by Crippen LogP contribution is 2.30. The predicted molar refractivity (Wildman–Crippen MR) is 67.8 cm³/mol. The van der Waals surface area contributed by atoms with E-state index in [0.29, 0.717) is 12.2 Å². The summed E-state index contributed by atoms with van der Waals surface area (Å²) in [5, 5.41) is 8.90. The van der Waals surface area contributed by atoms with E-state index in [9.17, 15) is 0 Å². The summed E-state index contributed by atoms with van der Waals surface area (Å²) in [5.41, 5.74) is 2.69. The van der Waals surface area contributed by atoms with Gasteiger partial charge in [-0.15, -0.1) is 0 Å². The Labute approximate surface area is 101 Å². The lowest BCUT2D eigenvalue weighted by atomic mass is 10.0. The molecule has 0 bridgehead atoms. The largest absolute Gasteiger partial charge is 0.493 e. The van der Waals surface area contributed by atoms with E-state index in [1.807, 2.05) is 49.4 Å². The first-order valence-corrected chi connectivity index (χ1v) is 5.57. The van der Waals surface area contributed by atoms with E-state index in [1.165, 1.54) is 0 Å². The molecule has 0 N–H and O–H groups in total. The van der Waals surface area contributed by atoms with Crippen LogP contribution in [-0.2, 0) is 0 Å². The van der Waals surface area contributed by atoms with Gasteiger partial charge in [0, 0.05) is 5.56 Å². The quantitative estimate of drug-likeness (QED) is 0.796. The highest BCUT2D eigenvalue weighted by molar-refractivity contribution is 5.71. The van der Waals surface area contributed by atoms with Crippen molar-refractivity contribution in [3.63, 3.8) is 0 Å². The van der Waals surface area contributed by atoms with Crippen molar-refractivity contribution in [1.82, 2.24) is 0 Å². The Bertz CT molecular complexity index is 555. The van der Waals surface area contributed by atoms with Gasteiger partial charge in [0.2, 0.25) is 0 Å². The molecule has 0 heterocycles. The van der Waals surface area contributed by atoms with Crippen molar-refractivity contribution in [3.05, 3.63) is 54.1 Å². The predicted octanol–water partition coefficient (Wildman–Crippen LogP) is 3.62. The molecule has 2 nitrogen and oxygen atoms in total. The average molecular weight is 223 g/mol. The van der Waals surface area contributed by atoms with Gasteiger partial charge < -0.3 is 4.74 Å². The highest BCUT2D eigenvalue weighted by Gasteiger charge is 2.05. The van der Waals surface area contributed by atoms with Gasteiger partial charge in [-0.05, 0) is 30.7 Å². The summed E-state index contributed by atoms with van der Waals surface area (Å²) in [6.45, 7) is 2.59. The van der Waals surface area contributed by atoms with Gasteiger partial charge in [0.1, 0.15) is 5.75 Å². The fourth-order valence-electron chi connectivity index (χ4n) is 1.74. The van der Waals surface area contributed by atoms with Crippen LogP contribution in [-0.4, -0.2) is 6.61 Å². The van der Waals surface area contributed by atoms with Crippen LogP contribution in [0.1, 0.15) is 12.5 Å². The summed E-state index contributed by atoms with van der Waals surface area (Å²) in [4.78, 5) is 0. The molecule has 0 amide bonds. The molecule has 0 atom stereocenters. The molecule has 0 spiro atoms. The summed E-state index contributed by atoms with van der Waals surface area (Å²) in [5.74, 6) is 0.852. The molecule has 0 aromatic heterocycles. The van der Waals surface area contributed by atoms with Crippen LogP contribution in [0.3, 0.4) is 0 Å². The van der Waals surface area contributed by atoms with Crippen LogP contribution >= 0.6 is 0 Å². The summed E-state index contributed by atoms with van der Waals surface area (Å²) in [6.07, 6.45) is 0. The molecular weight excluding hydrogens is 210 g/mol. The molecule has 0 radical (unpaired) electrons. The van der Waals surface area contributed by atoms with Crippen LogP contribution < -0.4 is 4.74 Å². The second-order valence-electron chi connectivity index (χ2n) is 3.62. The van der Waals surface area contributed by atoms with Crippen LogP contribution in [0.5, 0.6) is 5.75 Å². The lowest BCUT2D eigenvalue weighted by Gasteiger charge is -2.10. The van der Waals surface area contributed by atoms with E-state index < -0.39 is 0 Å². The van der Waals surface area contributed by atoms with Gasteiger partial charge in [0.25, 0.3) is 0 Å². The van der Waals surface area contributed by atoms with Crippen molar-refractivity contribution >= 4 is 0 Å². The Balaban J connectivity index is 2.48. The molecule has 0 aliphatic rings. The third-order valence-electron chi connectivity index (χ3n) is 2.49. The molecule has 2 aromatic rings. The Kier molecular flexibility index (Phi) is 3.42. The SMILES string of the molecule is CCOc1ccccc1-c1cccc(C#N)c1. The number of nitrogens with zero attached hydrogens (tertiary/aromatic N) is 1. The van der Waals surface area contributed by atoms with Crippen LogP contribution in [0.4, 0.5) is 0 Å². The number of nitriles is 1. The second-order valence-corrected chi connectivity index (χ2v) is 3.62. The van der Waals surface area contributed by atoms with Crippen molar-refractivity contribution < 1.29 is 4.74 Å². The molecule has 2 heteroatoms. The molecule has 0 aliphatic carbocycles. The Morgan fingerprint density at radius 3 is 2.71 bits per heavy atom. The molecule has 17 heavy (non-hydrogen) atoms. The summed E-state index contributed by atoms with van der Waals surface area (Å²) < 4.78 is 5.58. The first kappa shape index (κ1) is 11.2. The van der Waals surface area contributed by atoms with Crippen molar-refractivity contribution in [3.8, 4) is 22.9 Å². The fraction of sp³-hybridized carbons (Fsp3) is 0.133. The Morgan fingerprint density at radius 1 is 1.12 bits per heavy atom.